The summed E-state index contributed by atoms with van der Waals surface area (Å²) < 4.78 is 0.938. The highest BCUT2D eigenvalue weighted by Gasteiger charge is 2.25. The first-order valence-corrected chi connectivity index (χ1v) is 5.70. The maximum Gasteiger partial charge on any atom is 0.227 e. The Balaban J connectivity index is 2.25. The molecule has 80 valence electrons. The summed E-state index contributed by atoms with van der Waals surface area (Å²) in [7, 11) is 0. The molecule has 0 aromatic heterocycles. The molecule has 1 N–H and O–H groups in total. The third-order valence-corrected chi connectivity index (χ3v) is 3.00. The van der Waals surface area contributed by atoms with Gasteiger partial charge >= 0.3 is 0 Å². The molecular formula is C11H12BrNO2. The van der Waals surface area contributed by atoms with Crippen molar-refractivity contribution in [3.05, 3.63) is 28.7 Å². The molecule has 1 aliphatic heterocycles. The van der Waals surface area contributed by atoms with Crippen LogP contribution < -0.4 is 4.90 Å². The predicted octanol–water partition coefficient (Wildman–Crippen LogP) is 1.94. The zero-order chi connectivity index (χ0) is 10.8. The van der Waals surface area contributed by atoms with Crippen LogP contribution in [0.2, 0.25) is 0 Å². The maximum atomic E-state index is 11.7. The topological polar surface area (TPSA) is 40.5 Å². The lowest BCUT2D eigenvalue weighted by molar-refractivity contribution is -0.121. The molecule has 1 aromatic carbocycles. The molecule has 1 heterocycles. The minimum Gasteiger partial charge on any atom is -0.391 e. The van der Waals surface area contributed by atoms with E-state index in [9.17, 15) is 9.90 Å². The van der Waals surface area contributed by atoms with Crippen LogP contribution in [0.4, 0.5) is 5.69 Å². The number of amides is 1. The molecule has 15 heavy (non-hydrogen) atoms. The lowest BCUT2D eigenvalue weighted by atomic mass is 10.1. The fraction of sp³-hybridized carbons (Fsp3) is 0.364. The molecule has 0 aliphatic carbocycles. The molecule has 1 amide bonds. The molecule has 0 spiro atoms. The van der Waals surface area contributed by atoms with Crippen LogP contribution in [0.25, 0.3) is 0 Å². The lowest BCUT2D eigenvalue weighted by Gasteiger charge is -2.30. The molecular weight excluding hydrogens is 258 g/mol. The second kappa shape index (κ2) is 4.33. The molecule has 0 saturated carbocycles. The quantitative estimate of drug-likeness (QED) is 0.847. The van der Waals surface area contributed by atoms with E-state index in [2.05, 4.69) is 15.9 Å². The van der Waals surface area contributed by atoms with Gasteiger partial charge in [0, 0.05) is 16.6 Å². The smallest absolute Gasteiger partial charge is 0.227 e. The Kier molecular flexibility index (Phi) is 3.07. The number of β-amino-alcohol motifs (C(OH)–C–C–N with tert-alkyl or cyclic N) is 1. The van der Waals surface area contributed by atoms with Crippen molar-refractivity contribution in [2.24, 2.45) is 0 Å². The molecule has 0 bridgehead atoms. The monoisotopic (exact) mass is 269 g/mol. The second-order valence-corrected chi connectivity index (χ2v) is 4.59. The molecule has 1 aliphatic rings. The average Bonchev–Trinajstić information content (AvgIpc) is 2.22. The zero-order valence-electron chi connectivity index (χ0n) is 8.19. The summed E-state index contributed by atoms with van der Waals surface area (Å²) in [5, 5.41) is 9.52. The molecule has 4 heteroatoms. The van der Waals surface area contributed by atoms with Gasteiger partial charge in [-0.05, 0) is 24.6 Å². The van der Waals surface area contributed by atoms with Gasteiger partial charge in [-0.25, -0.2) is 0 Å². The number of hydrogen-bond donors (Lipinski definition) is 1. The van der Waals surface area contributed by atoms with E-state index in [-0.39, 0.29) is 5.91 Å². The number of aliphatic hydroxyl groups excluding tert-OH is 1. The normalized spacial score (nSPS) is 21.9. The summed E-state index contributed by atoms with van der Waals surface area (Å²) in [6.07, 6.45) is 0.596. The number of hydrogen-bond acceptors (Lipinski definition) is 2. The maximum absolute atomic E-state index is 11.7. The first kappa shape index (κ1) is 10.6. The van der Waals surface area contributed by atoms with Crippen LogP contribution in [0, 0.1) is 0 Å². The Morgan fingerprint density at radius 3 is 3.00 bits per heavy atom. The van der Waals surface area contributed by atoms with Gasteiger partial charge in [-0.15, -0.1) is 0 Å². The van der Waals surface area contributed by atoms with Crippen LogP contribution in [0.5, 0.6) is 0 Å². The van der Waals surface area contributed by atoms with E-state index in [4.69, 9.17) is 0 Å². The zero-order valence-corrected chi connectivity index (χ0v) is 9.77. The third kappa shape index (κ3) is 2.38. The van der Waals surface area contributed by atoms with E-state index in [0.29, 0.717) is 19.4 Å². The fourth-order valence-corrected chi connectivity index (χ4v) is 2.11. The standard InChI is InChI=1S/C11H12BrNO2/c12-8-2-1-3-9(6-8)13-7-10(14)4-5-11(13)15/h1-3,6,10,14H,4-5,7H2. The number of carbonyl (C=O) groups excluding carboxylic acids is 1. The number of anilines is 1. The molecule has 1 unspecified atom stereocenters. The summed E-state index contributed by atoms with van der Waals surface area (Å²) in [6, 6.07) is 7.55. The van der Waals surface area contributed by atoms with E-state index in [0.717, 1.165) is 10.2 Å². The van der Waals surface area contributed by atoms with Gasteiger partial charge in [0.25, 0.3) is 0 Å². The number of carbonyl (C=O) groups is 1. The van der Waals surface area contributed by atoms with Crippen LogP contribution in [0.3, 0.4) is 0 Å². The molecule has 1 saturated heterocycles. The van der Waals surface area contributed by atoms with Crippen LogP contribution in [-0.2, 0) is 4.79 Å². The highest BCUT2D eigenvalue weighted by atomic mass is 79.9. The molecule has 0 radical (unpaired) electrons. The summed E-state index contributed by atoms with van der Waals surface area (Å²) in [5.41, 5.74) is 0.841. The Morgan fingerprint density at radius 2 is 2.27 bits per heavy atom. The van der Waals surface area contributed by atoms with Crippen molar-refractivity contribution in [3.63, 3.8) is 0 Å². The number of halogens is 1. The first-order valence-electron chi connectivity index (χ1n) is 4.91. The summed E-state index contributed by atoms with van der Waals surface area (Å²) in [6.45, 7) is 0.398. The van der Waals surface area contributed by atoms with E-state index >= 15 is 0 Å². The van der Waals surface area contributed by atoms with Crippen LogP contribution in [-0.4, -0.2) is 23.7 Å². The number of piperidine rings is 1. The van der Waals surface area contributed by atoms with Gasteiger partial charge in [-0.3, -0.25) is 4.79 Å². The third-order valence-electron chi connectivity index (χ3n) is 2.51. The van der Waals surface area contributed by atoms with Gasteiger partial charge < -0.3 is 10.0 Å². The van der Waals surface area contributed by atoms with Gasteiger partial charge in [0.05, 0.1) is 12.6 Å². The van der Waals surface area contributed by atoms with Crippen molar-refractivity contribution in [1.29, 1.82) is 0 Å². The number of nitrogens with zero attached hydrogens (tertiary/aromatic N) is 1. The van der Waals surface area contributed by atoms with Crippen LogP contribution in [0.15, 0.2) is 28.7 Å². The van der Waals surface area contributed by atoms with Crippen molar-refractivity contribution in [1.82, 2.24) is 0 Å². The predicted molar refractivity (Wildman–Crippen MR) is 61.7 cm³/mol. The van der Waals surface area contributed by atoms with Gasteiger partial charge in [0.1, 0.15) is 0 Å². The van der Waals surface area contributed by atoms with Crippen LogP contribution >= 0.6 is 15.9 Å². The first-order chi connectivity index (χ1) is 7.16. The Labute approximate surface area is 96.8 Å². The van der Waals surface area contributed by atoms with E-state index < -0.39 is 6.10 Å². The minimum atomic E-state index is -0.401. The molecule has 3 nitrogen and oxygen atoms in total. The van der Waals surface area contributed by atoms with Crippen molar-refractivity contribution in [2.75, 3.05) is 11.4 Å². The number of benzene rings is 1. The Bertz CT molecular complexity index is 381. The minimum absolute atomic E-state index is 0.0819. The molecule has 2 rings (SSSR count). The van der Waals surface area contributed by atoms with Gasteiger partial charge in [-0.2, -0.15) is 0 Å². The van der Waals surface area contributed by atoms with E-state index in [1.165, 1.54) is 0 Å². The average molecular weight is 270 g/mol. The molecule has 1 aromatic rings. The summed E-state index contributed by atoms with van der Waals surface area (Å²) in [4.78, 5) is 13.3. The highest BCUT2D eigenvalue weighted by molar-refractivity contribution is 9.10. The number of rotatable bonds is 1. The highest BCUT2D eigenvalue weighted by Crippen LogP contribution is 2.23. The van der Waals surface area contributed by atoms with Crippen molar-refractivity contribution in [2.45, 2.75) is 18.9 Å². The molecule has 1 atom stereocenters. The Morgan fingerprint density at radius 1 is 1.47 bits per heavy atom. The second-order valence-electron chi connectivity index (χ2n) is 3.68. The lowest BCUT2D eigenvalue weighted by Crippen LogP contribution is -2.42. The fourth-order valence-electron chi connectivity index (χ4n) is 1.72. The summed E-state index contributed by atoms with van der Waals surface area (Å²) in [5.74, 6) is 0.0819. The molecule has 1 fully saturated rings. The van der Waals surface area contributed by atoms with Crippen LogP contribution in [0.1, 0.15) is 12.8 Å². The van der Waals surface area contributed by atoms with Crippen molar-refractivity contribution in [3.8, 4) is 0 Å². The van der Waals surface area contributed by atoms with Gasteiger partial charge in [-0.1, -0.05) is 22.0 Å². The largest absolute Gasteiger partial charge is 0.391 e. The van der Waals surface area contributed by atoms with Crippen molar-refractivity contribution < 1.29 is 9.90 Å². The van der Waals surface area contributed by atoms with E-state index in [1.54, 1.807) is 4.90 Å². The SMILES string of the molecule is O=C1CCC(O)CN1c1cccc(Br)c1. The van der Waals surface area contributed by atoms with Gasteiger partial charge in [0.2, 0.25) is 5.91 Å². The Hall–Kier alpha value is -0.870. The number of aliphatic hydroxyl groups is 1. The van der Waals surface area contributed by atoms with Gasteiger partial charge in [0.15, 0.2) is 0 Å². The van der Waals surface area contributed by atoms with E-state index in [1.807, 2.05) is 24.3 Å². The van der Waals surface area contributed by atoms with Crippen molar-refractivity contribution >= 4 is 27.5 Å². The summed E-state index contributed by atoms with van der Waals surface area (Å²) >= 11 is 3.36.